The number of benzene rings is 1. The Balaban J connectivity index is 1.55. The van der Waals surface area contributed by atoms with Crippen molar-refractivity contribution in [1.82, 2.24) is 0 Å². The molecule has 0 amide bonds. The molecule has 114 valence electrons. The van der Waals surface area contributed by atoms with E-state index in [1.807, 2.05) is 24.3 Å². The lowest BCUT2D eigenvalue weighted by Gasteiger charge is -2.32. The Morgan fingerprint density at radius 1 is 1.24 bits per heavy atom. The Morgan fingerprint density at radius 2 is 2.00 bits per heavy atom. The van der Waals surface area contributed by atoms with Crippen molar-refractivity contribution in [2.75, 3.05) is 6.61 Å². The van der Waals surface area contributed by atoms with E-state index in [1.165, 1.54) is 19.3 Å². The SMILES string of the molecule is C=C[C@H](OCc1ccccc1)[C@H]1COC2(CCCCC2)O1. The van der Waals surface area contributed by atoms with Gasteiger partial charge in [0.2, 0.25) is 0 Å². The summed E-state index contributed by atoms with van der Waals surface area (Å²) < 4.78 is 18.2. The molecular weight excluding hydrogens is 264 g/mol. The molecule has 2 atom stereocenters. The van der Waals surface area contributed by atoms with E-state index in [1.54, 1.807) is 0 Å². The molecule has 1 aromatic rings. The highest BCUT2D eigenvalue weighted by molar-refractivity contribution is 5.13. The second-order valence-electron chi connectivity index (χ2n) is 5.94. The molecule has 1 saturated carbocycles. The molecule has 1 aliphatic heterocycles. The standard InChI is InChI=1S/C18H24O3/c1-2-16(19-13-15-9-5-3-6-10-15)17-14-20-18(21-17)11-7-4-8-12-18/h2-3,5-6,9-10,16-17H,1,4,7-8,11-14H2/t16-,17+/m0/s1. The molecule has 2 aliphatic rings. The van der Waals surface area contributed by atoms with Crippen molar-refractivity contribution in [2.24, 2.45) is 0 Å². The van der Waals surface area contributed by atoms with E-state index in [0.717, 1.165) is 18.4 Å². The van der Waals surface area contributed by atoms with E-state index in [9.17, 15) is 0 Å². The maximum absolute atomic E-state index is 6.21. The second-order valence-corrected chi connectivity index (χ2v) is 5.94. The first-order valence-electron chi connectivity index (χ1n) is 7.91. The van der Waals surface area contributed by atoms with Gasteiger partial charge in [-0.25, -0.2) is 0 Å². The van der Waals surface area contributed by atoms with Crippen LogP contribution in [0.2, 0.25) is 0 Å². The Morgan fingerprint density at radius 3 is 2.71 bits per heavy atom. The van der Waals surface area contributed by atoms with E-state index < -0.39 is 0 Å². The monoisotopic (exact) mass is 288 g/mol. The van der Waals surface area contributed by atoms with Gasteiger partial charge >= 0.3 is 0 Å². The number of ether oxygens (including phenoxy) is 3. The van der Waals surface area contributed by atoms with Crippen molar-refractivity contribution in [1.29, 1.82) is 0 Å². The maximum atomic E-state index is 6.21. The van der Waals surface area contributed by atoms with Gasteiger partial charge < -0.3 is 14.2 Å². The second kappa shape index (κ2) is 6.73. The molecule has 0 aromatic heterocycles. The first-order valence-corrected chi connectivity index (χ1v) is 7.91. The smallest absolute Gasteiger partial charge is 0.169 e. The fourth-order valence-corrected chi connectivity index (χ4v) is 3.19. The number of hydrogen-bond acceptors (Lipinski definition) is 3. The van der Waals surface area contributed by atoms with Crippen LogP contribution in [0.1, 0.15) is 37.7 Å². The third kappa shape index (κ3) is 3.54. The quantitative estimate of drug-likeness (QED) is 0.771. The summed E-state index contributed by atoms with van der Waals surface area (Å²) in [5, 5.41) is 0. The molecule has 3 rings (SSSR count). The van der Waals surface area contributed by atoms with Crippen LogP contribution >= 0.6 is 0 Å². The Kier molecular flexibility index (Phi) is 4.73. The van der Waals surface area contributed by atoms with Gasteiger partial charge in [0.05, 0.1) is 13.2 Å². The van der Waals surface area contributed by atoms with Crippen molar-refractivity contribution in [2.45, 2.75) is 56.7 Å². The molecule has 0 N–H and O–H groups in total. The van der Waals surface area contributed by atoms with Crippen molar-refractivity contribution in [3.63, 3.8) is 0 Å². The van der Waals surface area contributed by atoms with Gasteiger partial charge in [-0.15, -0.1) is 6.58 Å². The Hall–Kier alpha value is -1.16. The number of rotatable bonds is 5. The summed E-state index contributed by atoms with van der Waals surface area (Å²) in [4.78, 5) is 0. The van der Waals surface area contributed by atoms with Crippen molar-refractivity contribution >= 4 is 0 Å². The summed E-state index contributed by atoms with van der Waals surface area (Å²) in [5.74, 6) is -0.347. The summed E-state index contributed by atoms with van der Waals surface area (Å²) in [6.45, 7) is 5.07. The van der Waals surface area contributed by atoms with Crippen molar-refractivity contribution < 1.29 is 14.2 Å². The first kappa shape index (κ1) is 14.8. The van der Waals surface area contributed by atoms with Gasteiger partial charge in [-0.3, -0.25) is 0 Å². The van der Waals surface area contributed by atoms with Gasteiger partial charge in [0.1, 0.15) is 12.2 Å². The van der Waals surface area contributed by atoms with E-state index in [-0.39, 0.29) is 18.0 Å². The molecule has 0 radical (unpaired) electrons. The van der Waals surface area contributed by atoms with Gasteiger partial charge in [-0.2, -0.15) is 0 Å². The molecule has 1 saturated heterocycles. The van der Waals surface area contributed by atoms with Gasteiger partial charge in [0.25, 0.3) is 0 Å². The van der Waals surface area contributed by atoms with Crippen molar-refractivity contribution in [3.8, 4) is 0 Å². The van der Waals surface area contributed by atoms with E-state index in [2.05, 4.69) is 18.7 Å². The maximum Gasteiger partial charge on any atom is 0.169 e. The predicted octanol–water partition coefficient (Wildman–Crippen LogP) is 3.83. The van der Waals surface area contributed by atoms with E-state index in [4.69, 9.17) is 14.2 Å². The summed E-state index contributed by atoms with van der Waals surface area (Å²) in [7, 11) is 0. The molecule has 3 heteroatoms. The summed E-state index contributed by atoms with van der Waals surface area (Å²) in [6, 6.07) is 10.2. The normalized spacial score (nSPS) is 25.8. The van der Waals surface area contributed by atoms with E-state index >= 15 is 0 Å². The third-order valence-corrected chi connectivity index (χ3v) is 4.38. The van der Waals surface area contributed by atoms with Gasteiger partial charge in [0, 0.05) is 12.8 Å². The lowest BCUT2D eigenvalue weighted by molar-refractivity contribution is -0.196. The lowest BCUT2D eigenvalue weighted by atomic mass is 9.94. The van der Waals surface area contributed by atoms with Crippen LogP contribution in [0.15, 0.2) is 43.0 Å². The molecule has 1 spiro atoms. The zero-order chi connectivity index (χ0) is 14.5. The molecule has 0 bridgehead atoms. The highest BCUT2D eigenvalue weighted by atomic mass is 16.8. The van der Waals surface area contributed by atoms with Crippen LogP contribution < -0.4 is 0 Å². The summed E-state index contributed by atoms with van der Waals surface area (Å²) >= 11 is 0. The van der Waals surface area contributed by atoms with E-state index in [0.29, 0.717) is 13.2 Å². The Bertz CT molecular complexity index is 451. The molecule has 3 nitrogen and oxygen atoms in total. The largest absolute Gasteiger partial charge is 0.367 e. The van der Waals surface area contributed by atoms with Crippen LogP contribution in [0.3, 0.4) is 0 Å². The third-order valence-electron chi connectivity index (χ3n) is 4.38. The molecule has 1 aliphatic carbocycles. The average molecular weight is 288 g/mol. The van der Waals surface area contributed by atoms with Crippen LogP contribution in [0.4, 0.5) is 0 Å². The minimum absolute atomic E-state index is 0.0377. The molecule has 1 heterocycles. The van der Waals surface area contributed by atoms with Crippen LogP contribution in [0.25, 0.3) is 0 Å². The zero-order valence-corrected chi connectivity index (χ0v) is 12.5. The molecule has 1 aromatic carbocycles. The summed E-state index contributed by atoms with van der Waals surface area (Å²) in [6.07, 6.45) is 7.36. The topological polar surface area (TPSA) is 27.7 Å². The fourth-order valence-electron chi connectivity index (χ4n) is 3.19. The highest BCUT2D eigenvalue weighted by Crippen LogP contribution is 2.38. The Labute approximate surface area is 126 Å². The highest BCUT2D eigenvalue weighted by Gasteiger charge is 2.44. The molecule has 2 fully saturated rings. The minimum atomic E-state index is -0.347. The zero-order valence-electron chi connectivity index (χ0n) is 12.5. The fraction of sp³-hybridized carbons (Fsp3) is 0.556. The predicted molar refractivity (Wildman–Crippen MR) is 81.9 cm³/mol. The summed E-state index contributed by atoms with van der Waals surface area (Å²) in [5.41, 5.74) is 1.16. The van der Waals surface area contributed by atoms with Crippen LogP contribution in [-0.4, -0.2) is 24.6 Å². The van der Waals surface area contributed by atoms with Crippen molar-refractivity contribution in [3.05, 3.63) is 48.6 Å². The van der Waals surface area contributed by atoms with Gasteiger partial charge in [-0.1, -0.05) is 42.8 Å². The average Bonchev–Trinajstić information content (AvgIpc) is 2.93. The van der Waals surface area contributed by atoms with Gasteiger partial charge in [0.15, 0.2) is 5.79 Å². The first-order chi connectivity index (χ1) is 10.3. The lowest BCUT2D eigenvalue weighted by Crippen LogP contribution is -2.36. The van der Waals surface area contributed by atoms with Gasteiger partial charge in [-0.05, 0) is 18.4 Å². The molecular formula is C18H24O3. The van der Waals surface area contributed by atoms with Crippen LogP contribution in [0.5, 0.6) is 0 Å². The molecule has 0 unspecified atom stereocenters. The van der Waals surface area contributed by atoms with Crippen LogP contribution in [-0.2, 0) is 20.8 Å². The minimum Gasteiger partial charge on any atom is -0.367 e. The van der Waals surface area contributed by atoms with Crippen LogP contribution in [0, 0.1) is 0 Å². The number of hydrogen-bond donors (Lipinski definition) is 0. The molecule has 21 heavy (non-hydrogen) atoms.